The number of likely N-dealkylation sites (tertiary alicyclic amines) is 1. The topological polar surface area (TPSA) is 29.3 Å². The van der Waals surface area contributed by atoms with Gasteiger partial charge in [0.1, 0.15) is 0 Å². The molecule has 2 fully saturated rings. The molecule has 1 saturated carbocycles. The molecule has 0 amide bonds. The summed E-state index contributed by atoms with van der Waals surface area (Å²) < 4.78 is 0. The third-order valence-corrected chi connectivity index (χ3v) is 5.61. The Hall–Kier alpha value is -0.380. The van der Waals surface area contributed by atoms with E-state index in [9.17, 15) is 0 Å². The molecule has 2 nitrogen and oxygen atoms in total. The Morgan fingerprint density at radius 1 is 1.39 bits per heavy atom. The Labute approximate surface area is 114 Å². The van der Waals surface area contributed by atoms with Crippen LogP contribution in [0, 0.1) is 11.8 Å². The lowest BCUT2D eigenvalue weighted by Gasteiger charge is -2.32. The van der Waals surface area contributed by atoms with E-state index in [0.29, 0.717) is 6.04 Å². The molecule has 4 atom stereocenters. The second-order valence-electron chi connectivity index (χ2n) is 5.98. The van der Waals surface area contributed by atoms with Gasteiger partial charge in [0.25, 0.3) is 0 Å². The highest BCUT2D eigenvalue weighted by Crippen LogP contribution is 2.42. The Morgan fingerprint density at radius 3 is 2.67 bits per heavy atom. The van der Waals surface area contributed by atoms with Gasteiger partial charge in [0, 0.05) is 19.1 Å². The summed E-state index contributed by atoms with van der Waals surface area (Å²) in [6.45, 7) is 4.76. The van der Waals surface area contributed by atoms with E-state index in [-0.39, 0.29) is 6.04 Å². The summed E-state index contributed by atoms with van der Waals surface area (Å²) in [5.74, 6) is 1.91. The van der Waals surface area contributed by atoms with E-state index >= 15 is 0 Å². The summed E-state index contributed by atoms with van der Waals surface area (Å²) in [7, 11) is 0. The minimum absolute atomic E-state index is 0.276. The SMILES string of the molecule is CCC(N)C(c1ccsc1)N1CC2CCCC2C1. The molecule has 3 heteroatoms. The van der Waals surface area contributed by atoms with Crippen LogP contribution in [0.5, 0.6) is 0 Å². The van der Waals surface area contributed by atoms with Crippen LogP contribution in [0.3, 0.4) is 0 Å². The van der Waals surface area contributed by atoms with Gasteiger partial charge >= 0.3 is 0 Å². The maximum Gasteiger partial charge on any atom is 0.0507 e. The molecular formula is C15H24N2S. The van der Waals surface area contributed by atoms with Crippen LogP contribution in [-0.2, 0) is 0 Å². The highest BCUT2D eigenvalue weighted by Gasteiger charge is 2.40. The smallest absolute Gasteiger partial charge is 0.0507 e. The first-order valence-electron chi connectivity index (χ1n) is 7.31. The fraction of sp³-hybridized carbons (Fsp3) is 0.733. The fourth-order valence-corrected chi connectivity index (χ4v) is 4.58. The summed E-state index contributed by atoms with van der Waals surface area (Å²) >= 11 is 1.79. The number of hydrogen-bond donors (Lipinski definition) is 1. The molecule has 18 heavy (non-hydrogen) atoms. The third-order valence-electron chi connectivity index (χ3n) is 4.91. The Kier molecular flexibility index (Phi) is 3.73. The number of thiophene rings is 1. The molecule has 0 radical (unpaired) electrons. The van der Waals surface area contributed by atoms with Crippen molar-refractivity contribution in [3.05, 3.63) is 22.4 Å². The van der Waals surface area contributed by atoms with E-state index in [0.717, 1.165) is 18.3 Å². The van der Waals surface area contributed by atoms with Crippen LogP contribution < -0.4 is 5.73 Å². The van der Waals surface area contributed by atoms with Gasteiger partial charge < -0.3 is 5.73 Å². The summed E-state index contributed by atoms with van der Waals surface area (Å²) in [6, 6.07) is 2.99. The van der Waals surface area contributed by atoms with Gasteiger partial charge in [-0.3, -0.25) is 4.90 Å². The number of nitrogens with two attached hydrogens (primary N) is 1. The predicted octanol–water partition coefficient (Wildman–Crippen LogP) is 3.26. The van der Waals surface area contributed by atoms with Crippen molar-refractivity contribution < 1.29 is 0 Å². The third kappa shape index (κ3) is 2.24. The summed E-state index contributed by atoms with van der Waals surface area (Å²) in [5, 5.41) is 4.47. The molecule has 1 aromatic heterocycles. The van der Waals surface area contributed by atoms with Crippen LogP contribution in [0.1, 0.15) is 44.2 Å². The first kappa shape index (κ1) is 12.6. The van der Waals surface area contributed by atoms with Gasteiger partial charge in [-0.05, 0) is 53.5 Å². The second-order valence-corrected chi connectivity index (χ2v) is 6.76. The second kappa shape index (κ2) is 5.32. The minimum atomic E-state index is 0.276. The molecule has 1 aromatic rings. The lowest BCUT2D eigenvalue weighted by atomic mass is 9.99. The molecule has 0 spiro atoms. The van der Waals surface area contributed by atoms with Crippen molar-refractivity contribution in [1.82, 2.24) is 4.90 Å². The molecule has 3 rings (SSSR count). The molecule has 4 unspecified atom stereocenters. The molecule has 2 heterocycles. The minimum Gasteiger partial charge on any atom is -0.326 e. The van der Waals surface area contributed by atoms with Crippen molar-refractivity contribution >= 4 is 11.3 Å². The zero-order chi connectivity index (χ0) is 12.5. The maximum absolute atomic E-state index is 6.40. The standard InChI is InChI=1S/C15H24N2S/c1-2-14(16)15(13-6-7-18-10-13)17-8-11-4-3-5-12(11)9-17/h6-7,10-12,14-15H,2-5,8-9,16H2,1H3. The van der Waals surface area contributed by atoms with Crippen LogP contribution in [0.25, 0.3) is 0 Å². The van der Waals surface area contributed by atoms with E-state index in [1.807, 2.05) is 0 Å². The number of hydrogen-bond acceptors (Lipinski definition) is 3. The van der Waals surface area contributed by atoms with E-state index < -0.39 is 0 Å². The highest BCUT2D eigenvalue weighted by atomic mass is 32.1. The van der Waals surface area contributed by atoms with Crippen molar-refractivity contribution in [3.8, 4) is 0 Å². The van der Waals surface area contributed by atoms with Gasteiger partial charge in [-0.2, -0.15) is 11.3 Å². The Bertz CT molecular complexity index is 364. The molecule has 1 aliphatic carbocycles. The van der Waals surface area contributed by atoms with Gasteiger partial charge in [0.05, 0.1) is 6.04 Å². The summed E-state index contributed by atoms with van der Waals surface area (Å²) in [4.78, 5) is 2.67. The average molecular weight is 264 g/mol. The molecule has 0 aromatic carbocycles. The zero-order valence-corrected chi connectivity index (χ0v) is 12.0. The quantitative estimate of drug-likeness (QED) is 0.904. The van der Waals surface area contributed by atoms with Crippen LogP contribution in [-0.4, -0.2) is 24.0 Å². The summed E-state index contributed by atoms with van der Waals surface area (Å²) in [6.07, 6.45) is 5.40. The van der Waals surface area contributed by atoms with E-state index in [1.54, 1.807) is 11.3 Å². The zero-order valence-electron chi connectivity index (χ0n) is 11.2. The van der Waals surface area contributed by atoms with Crippen LogP contribution in [0.15, 0.2) is 16.8 Å². The fourth-order valence-electron chi connectivity index (χ4n) is 3.89. The lowest BCUT2D eigenvalue weighted by Crippen LogP contribution is -2.40. The molecule has 2 N–H and O–H groups in total. The van der Waals surface area contributed by atoms with Crippen molar-refractivity contribution in [2.45, 2.75) is 44.7 Å². The van der Waals surface area contributed by atoms with Gasteiger partial charge in [-0.1, -0.05) is 13.3 Å². The monoisotopic (exact) mass is 264 g/mol. The van der Waals surface area contributed by atoms with Crippen LogP contribution in [0.2, 0.25) is 0 Å². The van der Waals surface area contributed by atoms with Gasteiger partial charge in [-0.25, -0.2) is 0 Å². The first-order chi connectivity index (χ1) is 8.79. The van der Waals surface area contributed by atoms with Crippen LogP contribution in [0.4, 0.5) is 0 Å². The van der Waals surface area contributed by atoms with E-state index in [4.69, 9.17) is 5.73 Å². The normalized spacial score (nSPS) is 31.4. The molecule has 0 bridgehead atoms. The van der Waals surface area contributed by atoms with Gasteiger partial charge in [0.2, 0.25) is 0 Å². The molecular weight excluding hydrogens is 240 g/mol. The Morgan fingerprint density at radius 2 is 2.11 bits per heavy atom. The number of fused-ring (bicyclic) bond motifs is 1. The number of rotatable bonds is 4. The van der Waals surface area contributed by atoms with Crippen molar-refractivity contribution in [3.63, 3.8) is 0 Å². The van der Waals surface area contributed by atoms with E-state index in [1.165, 1.54) is 37.9 Å². The average Bonchev–Trinajstić information content (AvgIpc) is 3.04. The van der Waals surface area contributed by atoms with Crippen molar-refractivity contribution in [2.75, 3.05) is 13.1 Å². The van der Waals surface area contributed by atoms with Crippen LogP contribution >= 0.6 is 11.3 Å². The molecule has 1 saturated heterocycles. The lowest BCUT2D eigenvalue weighted by molar-refractivity contribution is 0.194. The Balaban J connectivity index is 1.78. The number of nitrogens with zero attached hydrogens (tertiary/aromatic N) is 1. The maximum atomic E-state index is 6.40. The molecule has 1 aliphatic heterocycles. The largest absolute Gasteiger partial charge is 0.326 e. The first-order valence-corrected chi connectivity index (χ1v) is 8.25. The summed E-state index contributed by atoms with van der Waals surface area (Å²) in [5.41, 5.74) is 7.84. The van der Waals surface area contributed by atoms with Crippen molar-refractivity contribution in [2.24, 2.45) is 17.6 Å². The van der Waals surface area contributed by atoms with Crippen molar-refractivity contribution in [1.29, 1.82) is 0 Å². The molecule has 100 valence electrons. The van der Waals surface area contributed by atoms with E-state index in [2.05, 4.69) is 28.7 Å². The highest BCUT2D eigenvalue weighted by molar-refractivity contribution is 7.07. The molecule has 2 aliphatic rings. The van der Waals surface area contributed by atoms with Gasteiger partial charge in [-0.15, -0.1) is 0 Å². The predicted molar refractivity (Wildman–Crippen MR) is 77.7 cm³/mol. The van der Waals surface area contributed by atoms with Gasteiger partial charge in [0.15, 0.2) is 0 Å².